The van der Waals surface area contributed by atoms with Crippen molar-refractivity contribution in [3.63, 3.8) is 0 Å². The van der Waals surface area contributed by atoms with E-state index in [1.807, 2.05) is 17.5 Å². The Morgan fingerprint density at radius 3 is 3.00 bits per heavy atom. The minimum atomic E-state index is -0.938. The number of rotatable bonds is 6. The van der Waals surface area contributed by atoms with Crippen molar-refractivity contribution in [2.45, 2.75) is 13.3 Å². The van der Waals surface area contributed by atoms with Crippen molar-refractivity contribution in [2.24, 2.45) is 5.92 Å². The number of aromatic nitrogens is 1. The van der Waals surface area contributed by atoms with Gasteiger partial charge in [-0.25, -0.2) is 4.98 Å². The molecule has 0 unspecified atom stereocenters. The first kappa shape index (κ1) is 14.3. The van der Waals surface area contributed by atoms with Gasteiger partial charge in [0.2, 0.25) is 11.8 Å². The summed E-state index contributed by atoms with van der Waals surface area (Å²) in [5.41, 5.74) is 0.522. The summed E-state index contributed by atoms with van der Waals surface area (Å²) in [6.45, 7) is 1.64. The molecule has 0 spiro atoms. The Kier molecular flexibility index (Phi) is 4.52. The Balaban J connectivity index is 1.87. The zero-order chi connectivity index (χ0) is 14.5. The molecule has 20 heavy (non-hydrogen) atoms. The Bertz CT molecular complexity index is 591. The van der Waals surface area contributed by atoms with E-state index in [1.165, 1.54) is 24.5 Å². The lowest BCUT2D eigenvalue weighted by molar-refractivity contribution is -0.141. The molecule has 7 heteroatoms. The van der Waals surface area contributed by atoms with Crippen LogP contribution in [0.3, 0.4) is 0 Å². The van der Waals surface area contributed by atoms with Crippen molar-refractivity contribution in [1.29, 1.82) is 0 Å². The van der Waals surface area contributed by atoms with Crippen molar-refractivity contribution < 1.29 is 19.1 Å². The maximum atomic E-state index is 11.7. The Hall–Kier alpha value is -2.15. The van der Waals surface area contributed by atoms with E-state index in [1.54, 1.807) is 0 Å². The van der Waals surface area contributed by atoms with Gasteiger partial charge in [0, 0.05) is 6.54 Å². The molecule has 2 N–H and O–H groups in total. The molecule has 0 fully saturated rings. The molecule has 2 aromatic heterocycles. The first-order valence-corrected chi connectivity index (χ1v) is 6.92. The normalized spacial score (nSPS) is 12.1. The number of nitrogens with one attached hydrogen (secondary N) is 1. The number of aliphatic carboxylic acids is 1. The summed E-state index contributed by atoms with van der Waals surface area (Å²) in [7, 11) is 0. The van der Waals surface area contributed by atoms with Crippen LogP contribution in [0.25, 0.3) is 10.8 Å². The van der Waals surface area contributed by atoms with Crippen LogP contribution in [0.15, 0.2) is 28.2 Å². The summed E-state index contributed by atoms with van der Waals surface area (Å²) in [4.78, 5) is 27.4. The molecular weight excluding hydrogens is 280 g/mol. The Labute approximate surface area is 119 Å². The van der Waals surface area contributed by atoms with Gasteiger partial charge in [0.25, 0.3) is 0 Å². The Morgan fingerprint density at radius 1 is 1.55 bits per heavy atom. The van der Waals surface area contributed by atoms with Gasteiger partial charge in [0.15, 0.2) is 0 Å². The third kappa shape index (κ3) is 3.67. The molecule has 0 aliphatic heterocycles. The topological polar surface area (TPSA) is 92.4 Å². The lowest BCUT2D eigenvalue weighted by Gasteiger charge is -2.07. The van der Waals surface area contributed by atoms with Crippen LogP contribution < -0.4 is 5.32 Å². The van der Waals surface area contributed by atoms with Crippen molar-refractivity contribution in [3.8, 4) is 10.8 Å². The summed E-state index contributed by atoms with van der Waals surface area (Å²) in [5.74, 6) is -1.34. The highest BCUT2D eigenvalue weighted by atomic mass is 32.1. The average Bonchev–Trinajstić information content (AvgIpc) is 3.05. The quantitative estimate of drug-likeness (QED) is 0.847. The third-order valence-corrected chi connectivity index (χ3v) is 3.51. The molecule has 106 valence electrons. The monoisotopic (exact) mass is 294 g/mol. The van der Waals surface area contributed by atoms with Gasteiger partial charge in [-0.05, 0) is 11.4 Å². The molecular formula is C13H14N2O4S. The van der Waals surface area contributed by atoms with E-state index in [-0.39, 0.29) is 18.9 Å². The van der Waals surface area contributed by atoms with Crippen LogP contribution in [0.5, 0.6) is 0 Å². The van der Waals surface area contributed by atoms with Gasteiger partial charge in [-0.1, -0.05) is 13.0 Å². The van der Waals surface area contributed by atoms with E-state index >= 15 is 0 Å². The van der Waals surface area contributed by atoms with Crippen LogP contribution in [0, 0.1) is 5.92 Å². The molecule has 2 aromatic rings. The second-order valence-corrected chi connectivity index (χ2v) is 5.29. The molecule has 0 saturated heterocycles. The van der Waals surface area contributed by atoms with Gasteiger partial charge in [-0.15, -0.1) is 11.3 Å². The van der Waals surface area contributed by atoms with E-state index in [9.17, 15) is 9.59 Å². The second kappa shape index (κ2) is 6.33. The number of hydrogen-bond acceptors (Lipinski definition) is 5. The fourth-order valence-electron chi connectivity index (χ4n) is 1.48. The second-order valence-electron chi connectivity index (χ2n) is 4.34. The molecule has 0 radical (unpaired) electrons. The zero-order valence-electron chi connectivity index (χ0n) is 10.8. The fourth-order valence-corrected chi connectivity index (χ4v) is 2.14. The van der Waals surface area contributed by atoms with Crippen LogP contribution in [0.1, 0.15) is 12.6 Å². The highest BCUT2D eigenvalue weighted by Crippen LogP contribution is 2.23. The molecule has 1 atom stereocenters. The number of hydrogen-bond donors (Lipinski definition) is 2. The molecule has 1 amide bonds. The smallest absolute Gasteiger partial charge is 0.308 e. The number of carboxylic acid groups (broad SMARTS) is 1. The molecule has 0 aliphatic rings. The zero-order valence-corrected chi connectivity index (χ0v) is 11.6. The van der Waals surface area contributed by atoms with E-state index in [4.69, 9.17) is 9.52 Å². The highest BCUT2D eigenvalue weighted by Gasteiger charge is 2.14. The highest BCUT2D eigenvalue weighted by molar-refractivity contribution is 7.13. The van der Waals surface area contributed by atoms with E-state index < -0.39 is 11.9 Å². The summed E-state index contributed by atoms with van der Waals surface area (Å²) < 4.78 is 5.30. The third-order valence-electron chi connectivity index (χ3n) is 2.65. The van der Waals surface area contributed by atoms with E-state index in [0.29, 0.717) is 11.6 Å². The van der Waals surface area contributed by atoms with E-state index in [0.717, 1.165) is 4.88 Å². The van der Waals surface area contributed by atoms with Crippen LogP contribution in [-0.2, 0) is 16.0 Å². The molecule has 0 saturated carbocycles. The lowest BCUT2D eigenvalue weighted by atomic mass is 10.2. The van der Waals surface area contributed by atoms with Gasteiger partial charge in [-0.3, -0.25) is 9.59 Å². The SMILES string of the molecule is C[C@H](CNC(=O)Cc1coc(-c2cccs2)n1)C(=O)O. The molecule has 0 bridgehead atoms. The number of carboxylic acids is 1. The number of oxazole rings is 1. The number of carbonyl (C=O) groups excluding carboxylic acids is 1. The summed E-state index contributed by atoms with van der Waals surface area (Å²) >= 11 is 1.50. The molecule has 6 nitrogen and oxygen atoms in total. The summed E-state index contributed by atoms with van der Waals surface area (Å²) in [6.07, 6.45) is 1.51. The van der Waals surface area contributed by atoms with Crippen LogP contribution in [-0.4, -0.2) is 28.5 Å². The van der Waals surface area contributed by atoms with Gasteiger partial charge in [-0.2, -0.15) is 0 Å². The van der Waals surface area contributed by atoms with Crippen molar-refractivity contribution >= 4 is 23.2 Å². The molecule has 2 heterocycles. The van der Waals surface area contributed by atoms with Gasteiger partial charge < -0.3 is 14.8 Å². The lowest BCUT2D eigenvalue weighted by Crippen LogP contribution is -2.32. The molecule has 0 aromatic carbocycles. The fraction of sp³-hybridized carbons (Fsp3) is 0.308. The number of amides is 1. The maximum Gasteiger partial charge on any atom is 0.308 e. The summed E-state index contributed by atoms with van der Waals surface area (Å²) in [6, 6.07) is 3.78. The van der Waals surface area contributed by atoms with Crippen LogP contribution >= 0.6 is 11.3 Å². The number of nitrogens with zero attached hydrogens (tertiary/aromatic N) is 1. The summed E-state index contributed by atoms with van der Waals surface area (Å²) in [5, 5.41) is 13.2. The van der Waals surface area contributed by atoms with Crippen molar-refractivity contribution in [1.82, 2.24) is 10.3 Å². The van der Waals surface area contributed by atoms with Crippen LogP contribution in [0.2, 0.25) is 0 Å². The van der Waals surface area contributed by atoms with Gasteiger partial charge in [0.1, 0.15) is 6.26 Å². The first-order valence-electron chi connectivity index (χ1n) is 6.04. The molecule has 2 rings (SSSR count). The first-order chi connectivity index (χ1) is 9.56. The number of carbonyl (C=O) groups is 2. The average molecular weight is 294 g/mol. The number of thiophene rings is 1. The minimum Gasteiger partial charge on any atom is -0.481 e. The van der Waals surface area contributed by atoms with Crippen LogP contribution in [0.4, 0.5) is 0 Å². The van der Waals surface area contributed by atoms with Crippen molar-refractivity contribution in [3.05, 3.63) is 29.5 Å². The molecule has 0 aliphatic carbocycles. The maximum absolute atomic E-state index is 11.7. The van der Waals surface area contributed by atoms with Crippen molar-refractivity contribution in [2.75, 3.05) is 6.54 Å². The van der Waals surface area contributed by atoms with E-state index in [2.05, 4.69) is 10.3 Å². The predicted octanol–water partition coefficient (Wildman–Crippen LogP) is 1.78. The largest absolute Gasteiger partial charge is 0.481 e. The minimum absolute atomic E-state index is 0.0706. The Morgan fingerprint density at radius 2 is 2.35 bits per heavy atom. The predicted molar refractivity (Wildman–Crippen MR) is 73.3 cm³/mol. The standard InChI is InChI=1S/C13H14N2O4S/c1-8(13(17)18)6-14-11(16)5-9-7-19-12(15-9)10-3-2-4-20-10/h2-4,7-8H,5-6H2,1H3,(H,14,16)(H,17,18)/t8-/m1/s1. The van der Waals surface area contributed by atoms with Gasteiger partial charge >= 0.3 is 5.97 Å². The van der Waals surface area contributed by atoms with Gasteiger partial charge in [0.05, 0.1) is 22.9 Å².